The van der Waals surface area contributed by atoms with Gasteiger partial charge in [0.1, 0.15) is 10.4 Å². The van der Waals surface area contributed by atoms with Crippen LogP contribution in [0, 0.1) is 13.8 Å². The van der Waals surface area contributed by atoms with Crippen molar-refractivity contribution >= 4 is 39.1 Å². The second-order valence-corrected chi connectivity index (χ2v) is 10.9. The van der Waals surface area contributed by atoms with Crippen LogP contribution in [-0.2, 0) is 5.75 Å². The Hall–Kier alpha value is -3.68. The number of aryl methyl sites for hydroxylation is 2. The van der Waals surface area contributed by atoms with E-state index in [9.17, 15) is 9.59 Å². The average molecular weight is 527 g/mol. The summed E-state index contributed by atoms with van der Waals surface area (Å²) in [4.78, 5) is 32.0. The number of rotatable bonds is 7. The number of benzene rings is 3. The number of thioether (sulfide) groups is 1. The lowest BCUT2D eigenvalue weighted by molar-refractivity contribution is 0.101. The maximum absolute atomic E-state index is 14.0. The summed E-state index contributed by atoms with van der Waals surface area (Å²) in [5.41, 5.74) is 6.03. The first-order chi connectivity index (χ1) is 17.9. The quantitative estimate of drug-likeness (QED) is 0.127. The Morgan fingerprint density at radius 3 is 2.54 bits per heavy atom. The standard InChI is InChI=1S/C30H26N2O3S2/c1-18-10-11-19(2)25(14-18)32-29(34)28-24(16-27(37-28)21-8-6-5-7-9-21)31-30(32)36-17-23-15-22(20(3)33)12-13-26(23)35-4/h5-16H,17H2,1-4H3. The van der Waals surface area contributed by atoms with E-state index in [1.165, 1.54) is 23.1 Å². The molecule has 0 bridgehead atoms. The fourth-order valence-corrected chi connectivity index (χ4v) is 6.24. The molecule has 0 unspecified atom stereocenters. The van der Waals surface area contributed by atoms with Crippen molar-refractivity contribution in [2.75, 3.05) is 7.11 Å². The van der Waals surface area contributed by atoms with E-state index < -0.39 is 0 Å². The van der Waals surface area contributed by atoms with Gasteiger partial charge >= 0.3 is 0 Å². The zero-order valence-electron chi connectivity index (χ0n) is 21.1. The largest absolute Gasteiger partial charge is 0.496 e. The van der Waals surface area contributed by atoms with Gasteiger partial charge in [-0.25, -0.2) is 4.98 Å². The van der Waals surface area contributed by atoms with Crippen molar-refractivity contribution in [1.82, 2.24) is 9.55 Å². The molecule has 0 saturated carbocycles. The van der Waals surface area contributed by atoms with E-state index in [1.54, 1.807) is 24.7 Å². The molecule has 0 N–H and O–H groups in total. The number of nitrogens with zero attached hydrogens (tertiary/aromatic N) is 2. The Morgan fingerprint density at radius 2 is 1.81 bits per heavy atom. The summed E-state index contributed by atoms with van der Waals surface area (Å²) in [6.45, 7) is 5.57. The second-order valence-electron chi connectivity index (χ2n) is 8.89. The number of Topliss-reactive ketones (excluding diaryl/α,β-unsaturated/α-hetero) is 1. The van der Waals surface area contributed by atoms with Crippen molar-refractivity contribution in [1.29, 1.82) is 0 Å². The number of carbonyl (C=O) groups is 1. The van der Waals surface area contributed by atoms with Gasteiger partial charge in [-0.05, 0) is 67.8 Å². The Kier molecular flexibility index (Phi) is 7.00. The molecule has 0 spiro atoms. The van der Waals surface area contributed by atoms with E-state index in [4.69, 9.17) is 9.72 Å². The highest BCUT2D eigenvalue weighted by Crippen LogP contribution is 2.34. The maximum atomic E-state index is 14.0. The van der Waals surface area contributed by atoms with Crippen molar-refractivity contribution in [3.05, 3.63) is 105 Å². The van der Waals surface area contributed by atoms with Crippen LogP contribution in [0.25, 0.3) is 26.3 Å². The third-order valence-corrected chi connectivity index (χ3v) is 8.37. The molecule has 0 amide bonds. The summed E-state index contributed by atoms with van der Waals surface area (Å²) in [5, 5.41) is 0.596. The Bertz CT molecular complexity index is 1690. The molecule has 7 heteroatoms. The van der Waals surface area contributed by atoms with Crippen LogP contribution < -0.4 is 10.3 Å². The number of carbonyl (C=O) groups excluding carboxylic acids is 1. The third-order valence-electron chi connectivity index (χ3n) is 6.22. The molecular weight excluding hydrogens is 500 g/mol. The number of fused-ring (bicyclic) bond motifs is 1. The minimum absolute atomic E-state index is 0.00698. The van der Waals surface area contributed by atoms with E-state index in [1.807, 2.05) is 80.6 Å². The van der Waals surface area contributed by atoms with Gasteiger partial charge in [0.15, 0.2) is 10.9 Å². The van der Waals surface area contributed by atoms with Crippen molar-refractivity contribution < 1.29 is 9.53 Å². The van der Waals surface area contributed by atoms with Gasteiger partial charge in [-0.2, -0.15) is 0 Å². The first-order valence-electron chi connectivity index (χ1n) is 11.9. The van der Waals surface area contributed by atoms with Crippen molar-refractivity contribution in [3.8, 4) is 21.9 Å². The van der Waals surface area contributed by atoms with Crippen LogP contribution in [-0.4, -0.2) is 22.4 Å². The molecule has 5 nitrogen and oxygen atoms in total. The third kappa shape index (κ3) is 4.97. The molecule has 37 heavy (non-hydrogen) atoms. The van der Waals surface area contributed by atoms with Gasteiger partial charge in [0.25, 0.3) is 5.56 Å². The number of hydrogen-bond donors (Lipinski definition) is 0. The first-order valence-corrected chi connectivity index (χ1v) is 13.7. The van der Waals surface area contributed by atoms with Gasteiger partial charge in [0.05, 0.1) is 18.3 Å². The van der Waals surface area contributed by atoms with E-state index in [0.717, 1.165) is 32.8 Å². The summed E-state index contributed by atoms with van der Waals surface area (Å²) in [6, 6.07) is 23.6. The minimum atomic E-state index is -0.0853. The zero-order chi connectivity index (χ0) is 26.1. The van der Waals surface area contributed by atoms with Crippen molar-refractivity contribution in [2.24, 2.45) is 0 Å². The SMILES string of the molecule is COc1ccc(C(C)=O)cc1CSc1nc2cc(-c3ccccc3)sc2c(=O)n1-c1cc(C)ccc1C. The lowest BCUT2D eigenvalue weighted by Gasteiger charge is -2.16. The van der Waals surface area contributed by atoms with Crippen LogP contribution in [0.3, 0.4) is 0 Å². The number of ether oxygens (including phenoxy) is 1. The molecule has 0 fully saturated rings. The number of hydrogen-bond acceptors (Lipinski definition) is 6. The Morgan fingerprint density at radius 1 is 1.03 bits per heavy atom. The molecule has 0 atom stereocenters. The summed E-state index contributed by atoms with van der Waals surface area (Å²) < 4.78 is 7.90. The molecule has 2 aromatic heterocycles. The molecule has 0 aliphatic carbocycles. The van der Waals surface area contributed by atoms with Crippen LogP contribution in [0.2, 0.25) is 0 Å². The lowest BCUT2D eigenvalue weighted by atomic mass is 10.1. The van der Waals surface area contributed by atoms with E-state index in [2.05, 4.69) is 0 Å². The minimum Gasteiger partial charge on any atom is -0.496 e. The van der Waals surface area contributed by atoms with Crippen molar-refractivity contribution in [3.63, 3.8) is 0 Å². The van der Waals surface area contributed by atoms with Gasteiger partial charge in [-0.15, -0.1) is 11.3 Å². The first kappa shape index (κ1) is 25.0. The van der Waals surface area contributed by atoms with Crippen LogP contribution in [0.1, 0.15) is 34.0 Å². The van der Waals surface area contributed by atoms with Crippen LogP contribution >= 0.6 is 23.1 Å². The average Bonchev–Trinajstić information content (AvgIpc) is 3.34. The maximum Gasteiger partial charge on any atom is 0.276 e. The molecule has 5 aromatic rings. The predicted molar refractivity (Wildman–Crippen MR) is 153 cm³/mol. The molecule has 0 radical (unpaired) electrons. The highest BCUT2D eigenvalue weighted by atomic mass is 32.2. The van der Waals surface area contributed by atoms with Gasteiger partial charge in [-0.1, -0.05) is 54.2 Å². The van der Waals surface area contributed by atoms with E-state index >= 15 is 0 Å². The fourth-order valence-electron chi connectivity index (χ4n) is 4.23. The second kappa shape index (κ2) is 10.4. The number of thiophene rings is 1. The van der Waals surface area contributed by atoms with Gasteiger partial charge in [0.2, 0.25) is 0 Å². The lowest BCUT2D eigenvalue weighted by Crippen LogP contribution is -2.21. The summed E-state index contributed by atoms with van der Waals surface area (Å²) >= 11 is 2.93. The summed E-state index contributed by atoms with van der Waals surface area (Å²) in [6.07, 6.45) is 0. The molecular formula is C30H26N2O3S2. The van der Waals surface area contributed by atoms with Gasteiger partial charge in [-0.3, -0.25) is 14.2 Å². The van der Waals surface area contributed by atoms with Gasteiger partial charge in [0, 0.05) is 21.8 Å². The predicted octanol–water partition coefficient (Wildman–Crippen LogP) is 7.23. The molecule has 0 aliphatic rings. The molecule has 3 aromatic carbocycles. The van der Waals surface area contributed by atoms with Crippen molar-refractivity contribution in [2.45, 2.75) is 31.7 Å². The van der Waals surface area contributed by atoms with Crippen LogP contribution in [0.5, 0.6) is 5.75 Å². The van der Waals surface area contributed by atoms with Gasteiger partial charge < -0.3 is 4.74 Å². The number of aromatic nitrogens is 2. The van der Waals surface area contributed by atoms with Crippen LogP contribution in [0.4, 0.5) is 0 Å². The summed E-state index contributed by atoms with van der Waals surface area (Å²) in [7, 11) is 1.61. The Labute approximate surface area is 223 Å². The normalized spacial score (nSPS) is 11.1. The molecule has 5 rings (SSSR count). The highest BCUT2D eigenvalue weighted by molar-refractivity contribution is 7.98. The fraction of sp³-hybridized carbons (Fsp3) is 0.167. The highest BCUT2D eigenvalue weighted by Gasteiger charge is 2.19. The summed E-state index contributed by atoms with van der Waals surface area (Å²) in [5.74, 6) is 1.18. The smallest absolute Gasteiger partial charge is 0.276 e. The topological polar surface area (TPSA) is 61.2 Å². The Balaban J connectivity index is 1.67. The van der Waals surface area contributed by atoms with E-state index in [0.29, 0.717) is 32.4 Å². The molecule has 0 saturated heterocycles. The molecule has 186 valence electrons. The monoisotopic (exact) mass is 526 g/mol. The molecule has 2 heterocycles. The van der Waals surface area contributed by atoms with E-state index in [-0.39, 0.29) is 11.3 Å². The van der Waals surface area contributed by atoms with Crippen LogP contribution in [0.15, 0.2) is 82.7 Å². The number of methoxy groups -OCH3 is 1. The molecule has 0 aliphatic heterocycles. The number of ketones is 1. The zero-order valence-corrected chi connectivity index (χ0v) is 22.7.